The molecule has 52 heavy (non-hydrogen) atoms. The summed E-state index contributed by atoms with van der Waals surface area (Å²) in [5, 5.41) is 9.73. The van der Waals surface area contributed by atoms with E-state index in [-0.39, 0.29) is 0 Å². The third kappa shape index (κ3) is 5.17. The summed E-state index contributed by atoms with van der Waals surface area (Å²) in [5.74, 6) is 1.89. The molecule has 242 valence electrons. The second-order valence-electron chi connectivity index (χ2n) is 13.1. The highest BCUT2D eigenvalue weighted by molar-refractivity contribution is 6.25. The summed E-state index contributed by atoms with van der Waals surface area (Å²) < 4.78 is 0. The molecule has 0 bridgehead atoms. The van der Waals surface area contributed by atoms with E-state index in [0.29, 0.717) is 17.5 Å². The van der Waals surface area contributed by atoms with Crippen molar-refractivity contribution < 1.29 is 0 Å². The highest BCUT2D eigenvalue weighted by Gasteiger charge is 2.17. The van der Waals surface area contributed by atoms with Crippen LogP contribution in [-0.2, 0) is 0 Å². The Morgan fingerprint density at radius 1 is 0.288 bits per heavy atom. The van der Waals surface area contributed by atoms with Crippen LogP contribution in [0.2, 0.25) is 0 Å². The molecule has 0 N–H and O–H groups in total. The van der Waals surface area contributed by atoms with Crippen LogP contribution in [0.5, 0.6) is 0 Å². The maximum atomic E-state index is 5.12. The van der Waals surface area contributed by atoms with Crippen LogP contribution < -0.4 is 0 Å². The van der Waals surface area contributed by atoms with Crippen molar-refractivity contribution in [2.75, 3.05) is 0 Å². The van der Waals surface area contributed by atoms with Gasteiger partial charge >= 0.3 is 0 Å². The number of fused-ring (bicyclic) bond motifs is 7. The monoisotopic (exact) mass is 662 g/mol. The summed E-state index contributed by atoms with van der Waals surface area (Å²) in [6.07, 6.45) is 3.80. The molecule has 0 amide bonds. The van der Waals surface area contributed by atoms with Gasteiger partial charge < -0.3 is 0 Å². The summed E-state index contributed by atoms with van der Waals surface area (Å²) in [6, 6.07) is 59.7. The number of aromatic nitrogens is 4. The van der Waals surface area contributed by atoms with E-state index in [4.69, 9.17) is 15.0 Å². The molecule has 0 atom stereocenters. The van der Waals surface area contributed by atoms with Crippen LogP contribution in [0.3, 0.4) is 0 Å². The number of benzene rings is 8. The van der Waals surface area contributed by atoms with Crippen molar-refractivity contribution >= 4 is 43.1 Å². The van der Waals surface area contributed by atoms with Gasteiger partial charge in [-0.1, -0.05) is 140 Å². The molecule has 10 aromatic rings. The quantitative estimate of drug-likeness (QED) is 0.172. The predicted octanol–water partition coefficient (Wildman–Crippen LogP) is 12.2. The van der Waals surface area contributed by atoms with Crippen LogP contribution in [0.4, 0.5) is 0 Å². The molecular formula is C48H30N4. The molecule has 4 nitrogen and oxygen atoms in total. The molecule has 0 aliphatic carbocycles. The van der Waals surface area contributed by atoms with Gasteiger partial charge in [0.15, 0.2) is 17.5 Å². The van der Waals surface area contributed by atoms with E-state index in [1.54, 1.807) is 0 Å². The second kappa shape index (κ2) is 12.4. The predicted molar refractivity (Wildman–Crippen MR) is 215 cm³/mol. The Kier molecular flexibility index (Phi) is 7.10. The maximum absolute atomic E-state index is 5.12. The van der Waals surface area contributed by atoms with E-state index in [0.717, 1.165) is 49.7 Å². The lowest BCUT2D eigenvalue weighted by atomic mass is 9.90. The van der Waals surface area contributed by atoms with E-state index >= 15 is 0 Å². The first-order valence-electron chi connectivity index (χ1n) is 17.5. The lowest BCUT2D eigenvalue weighted by molar-refractivity contribution is 1.07. The SMILES string of the molecule is c1ccc(-c2nc(-c3ccccc3)nc(-c3cc(-c4ccc5c6ccccc6c6ccccc6c5c4)cc(-c4cccc5ccncc45)c3)n2)cc1. The minimum Gasteiger partial charge on any atom is -0.264 e. The normalized spacial score (nSPS) is 11.5. The Morgan fingerprint density at radius 3 is 1.44 bits per heavy atom. The number of nitrogens with zero attached hydrogens (tertiary/aromatic N) is 4. The Labute approximate surface area is 300 Å². The van der Waals surface area contributed by atoms with Crippen LogP contribution >= 0.6 is 0 Å². The first-order chi connectivity index (χ1) is 25.8. The minimum absolute atomic E-state index is 0.617. The largest absolute Gasteiger partial charge is 0.264 e. The molecule has 4 heteroatoms. The van der Waals surface area contributed by atoms with Crippen molar-refractivity contribution in [3.63, 3.8) is 0 Å². The van der Waals surface area contributed by atoms with Gasteiger partial charge in [0.2, 0.25) is 0 Å². The average Bonchev–Trinajstić information content (AvgIpc) is 3.23. The molecular weight excluding hydrogens is 633 g/mol. The Bertz CT molecular complexity index is 2860. The summed E-state index contributed by atoms with van der Waals surface area (Å²) in [4.78, 5) is 19.7. The third-order valence-electron chi connectivity index (χ3n) is 9.96. The smallest absolute Gasteiger partial charge is 0.164 e. The van der Waals surface area contributed by atoms with Gasteiger partial charge in [0.1, 0.15) is 0 Å². The Balaban J connectivity index is 1.25. The zero-order valence-corrected chi connectivity index (χ0v) is 28.1. The van der Waals surface area contributed by atoms with Gasteiger partial charge in [0.05, 0.1) is 0 Å². The maximum Gasteiger partial charge on any atom is 0.164 e. The van der Waals surface area contributed by atoms with Crippen molar-refractivity contribution in [3.05, 3.63) is 182 Å². The van der Waals surface area contributed by atoms with E-state index < -0.39 is 0 Å². The van der Waals surface area contributed by atoms with Crippen LogP contribution in [-0.4, -0.2) is 19.9 Å². The molecule has 0 aliphatic heterocycles. The fourth-order valence-electron chi connectivity index (χ4n) is 7.47. The van der Waals surface area contributed by atoms with Crippen molar-refractivity contribution in [3.8, 4) is 56.4 Å². The van der Waals surface area contributed by atoms with Crippen LogP contribution in [0, 0.1) is 0 Å². The molecule has 2 aromatic heterocycles. The lowest BCUT2D eigenvalue weighted by Crippen LogP contribution is -2.00. The number of hydrogen-bond acceptors (Lipinski definition) is 4. The first-order valence-corrected chi connectivity index (χ1v) is 17.5. The van der Waals surface area contributed by atoms with Gasteiger partial charge in [-0.25, -0.2) is 15.0 Å². The first kappa shape index (κ1) is 29.8. The Hall–Kier alpha value is -7.04. The molecule has 0 fully saturated rings. The summed E-state index contributed by atoms with van der Waals surface area (Å²) in [5.41, 5.74) is 7.16. The van der Waals surface area contributed by atoms with Gasteiger partial charge in [0, 0.05) is 34.5 Å². The van der Waals surface area contributed by atoms with Crippen molar-refractivity contribution in [1.82, 2.24) is 19.9 Å². The van der Waals surface area contributed by atoms with E-state index in [1.165, 1.54) is 32.3 Å². The third-order valence-corrected chi connectivity index (χ3v) is 9.96. The van der Waals surface area contributed by atoms with Crippen LogP contribution in [0.15, 0.2) is 182 Å². The number of hydrogen-bond donors (Lipinski definition) is 0. The van der Waals surface area contributed by atoms with Crippen LogP contribution in [0.1, 0.15) is 0 Å². The van der Waals surface area contributed by atoms with E-state index in [9.17, 15) is 0 Å². The number of rotatable bonds is 5. The summed E-state index contributed by atoms with van der Waals surface area (Å²) >= 11 is 0. The highest BCUT2D eigenvalue weighted by Crippen LogP contribution is 2.40. The standard InChI is InChI=1S/C48H30N4/c1-3-12-32(13-4-1)46-50-47(33-14-5-2-6-15-33)52-48(51-46)37-27-35(26-36(28-37)38-21-11-16-31-24-25-49-30-45(31)38)34-22-23-43-41-19-8-7-17-39(41)40-18-9-10-20-42(40)44(43)29-34/h1-30H. The van der Waals surface area contributed by atoms with Gasteiger partial charge in [-0.05, 0) is 90.3 Å². The molecule has 8 aromatic carbocycles. The van der Waals surface area contributed by atoms with Gasteiger partial charge in [0.25, 0.3) is 0 Å². The van der Waals surface area contributed by atoms with E-state index in [2.05, 4.69) is 114 Å². The van der Waals surface area contributed by atoms with Gasteiger partial charge in [-0.2, -0.15) is 0 Å². The Morgan fingerprint density at radius 2 is 0.808 bits per heavy atom. The summed E-state index contributed by atoms with van der Waals surface area (Å²) in [6.45, 7) is 0. The zero-order chi connectivity index (χ0) is 34.4. The number of pyridine rings is 1. The molecule has 0 saturated heterocycles. The van der Waals surface area contributed by atoms with Gasteiger partial charge in [-0.3, -0.25) is 4.98 Å². The van der Waals surface area contributed by atoms with Crippen LogP contribution in [0.25, 0.3) is 99.5 Å². The second-order valence-corrected chi connectivity index (χ2v) is 13.1. The minimum atomic E-state index is 0.617. The van der Waals surface area contributed by atoms with Gasteiger partial charge in [-0.15, -0.1) is 0 Å². The van der Waals surface area contributed by atoms with Crippen molar-refractivity contribution in [1.29, 1.82) is 0 Å². The van der Waals surface area contributed by atoms with Crippen molar-refractivity contribution in [2.24, 2.45) is 0 Å². The topological polar surface area (TPSA) is 51.6 Å². The molecule has 0 spiro atoms. The molecule has 0 aliphatic rings. The fourth-order valence-corrected chi connectivity index (χ4v) is 7.47. The highest BCUT2D eigenvalue weighted by atomic mass is 15.0. The lowest BCUT2D eigenvalue weighted by Gasteiger charge is -2.15. The fraction of sp³-hybridized carbons (Fsp3) is 0. The van der Waals surface area contributed by atoms with E-state index in [1.807, 2.05) is 73.1 Å². The molecule has 0 radical (unpaired) electrons. The molecule has 0 saturated carbocycles. The molecule has 0 unspecified atom stereocenters. The average molecular weight is 663 g/mol. The van der Waals surface area contributed by atoms with Crippen molar-refractivity contribution in [2.45, 2.75) is 0 Å². The summed E-state index contributed by atoms with van der Waals surface area (Å²) in [7, 11) is 0. The zero-order valence-electron chi connectivity index (χ0n) is 28.1. The molecule has 10 rings (SSSR count). The molecule has 2 heterocycles.